The molecule has 42 heteroatoms. The zero-order valence-electron chi connectivity index (χ0n) is 74.6. The van der Waals surface area contributed by atoms with Crippen LogP contribution >= 0.6 is 70.6 Å². The van der Waals surface area contributed by atoms with Crippen molar-refractivity contribution >= 4 is 173 Å². The third kappa shape index (κ3) is 25.1. The number of rotatable bonds is 29. The molecule has 0 spiro atoms. The maximum Gasteiger partial charge on any atom is 0.319 e. The minimum atomic E-state index is -0.344. The second kappa shape index (κ2) is 49.3. The number of thioether (sulfide) groups is 6. The van der Waals surface area contributed by atoms with Crippen LogP contribution in [0.3, 0.4) is 0 Å². The van der Waals surface area contributed by atoms with Crippen LogP contribution in [0.1, 0.15) is 61.3 Å². The fourth-order valence-corrected chi connectivity index (χ4v) is 18.0. The number of methoxy groups -OCH3 is 3. The normalized spacial score (nSPS) is 11.8. The van der Waals surface area contributed by atoms with Crippen molar-refractivity contribution in [2.75, 3.05) is 52.7 Å². The minimum absolute atomic E-state index is 0.207. The van der Waals surface area contributed by atoms with Crippen molar-refractivity contribution in [2.45, 2.75) is 112 Å². The molecule has 690 valence electrons. The molecule has 36 nitrogen and oxygen atoms in total. The first-order valence-electron chi connectivity index (χ1n) is 42.1. The van der Waals surface area contributed by atoms with Gasteiger partial charge in [-0.1, -0.05) is 194 Å². The van der Waals surface area contributed by atoms with Crippen molar-refractivity contribution < 1.29 is 57.2 Å². The number of para-hydroxylation sites is 6. The molecule has 0 saturated carbocycles. The Morgan fingerprint density at radius 1 is 0.274 bits per heavy atom. The number of nitrogens with zero attached hydrogens (tertiary/aromatic N) is 24. The first-order valence-corrected chi connectivity index (χ1v) is 47.6. The lowest BCUT2D eigenvalue weighted by molar-refractivity contribution is -0.143. The third-order valence-corrected chi connectivity index (χ3v) is 26.0. The van der Waals surface area contributed by atoms with E-state index in [-0.39, 0.29) is 68.3 Å². The number of carbonyl (C=O) groups excluding carboxylic acids is 6. The van der Waals surface area contributed by atoms with Crippen LogP contribution in [0.15, 0.2) is 287 Å². The van der Waals surface area contributed by atoms with Gasteiger partial charge in [0.15, 0.2) is 33.9 Å². The van der Waals surface area contributed by atoms with Crippen LogP contribution in [0.25, 0.3) is 100 Å². The summed E-state index contributed by atoms with van der Waals surface area (Å²) in [5, 5.41) is 34.3. The van der Waals surface area contributed by atoms with E-state index < -0.39 is 0 Å². The van der Waals surface area contributed by atoms with Gasteiger partial charge in [0, 0.05) is 0 Å². The van der Waals surface area contributed by atoms with Gasteiger partial charge < -0.3 is 28.4 Å². The fourth-order valence-electron chi connectivity index (χ4n) is 12.7. The van der Waals surface area contributed by atoms with E-state index >= 15 is 0 Å². The molecule has 0 aliphatic rings. The summed E-state index contributed by atoms with van der Waals surface area (Å²) >= 11 is 8.10. The molecule has 0 fully saturated rings. The van der Waals surface area contributed by atoms with E-state index in [1.165, 1.54) is 130 Å². The Kier molecular flexibility index (Phi) is 35.8. The molecular weight excluding hydrogens is 1840 g/mol. The molecule has 4 atom stereocenters. The Hall–Kier alpha value is -14.5. The second-order valence-corrected chi connectivity index (χ2v) is 34.9. The van der Waals surface area contributed by atoms with Crippen LogP contribution in [0.5, 0.6) is 0 Å². The van der Waals surface area contributed by atoms with Gasteiger partial charge in [-0.05, 0) is 120 Å². The predicted molar refractivity (Wildman–Crippen MR) is 518 cm³/mol. The van der Waals surface area contributed by atoms with Crippen molar-refractivity contribution in [3.05, 3.63) is 257 Å². The highest BCUT2D eigenvalue weighted by Crippen LogP contribution is 2.36. The van der Waals surface area contributed by atoms with Gasteiger partial charge in [0.05, 0.1) is 156 Å². The molecule has 0 aliphatic carbocycles. The van der Waals surface area contributed by atoms with Gasteiger partial charge in [-0.2, -0.15) is 30.6 Å². The molecule has 0 amide bonds. The number of esters is 6. The minimum Gasteiger partial charge on any atom is -0.468 e. The number of ether oxygens (including phenoxy) is 6. The van der Waals surface area contributed by atoms with Crippen molar-refractivity contribution in [3.8, 4) is 34.1 Å². The average molecular weight is 1930 g/mol. The number of hydrogen-bond donors (Lipinski definition) is 0. The van der Waals surface area contributed by atoms with Crippen LogP contribution in [-0.4, -0.2) is 228 Å². The van der Waals surface area contributed by atoms with Gasteiger partial charge in [-0.25, -0.2) is 87.9 Å². The van der Waals surface area contributed by atoms with Crippen molar-refractivity contribution in [3.63, 3.8) is 0 Å². The van der Waals surface area contributed by atoms with Crippen LogP contribution in [0.2, 0.25) is 0 Å². The van der Waals surface area contributed by atoms with Gasteiger partial charge in [0.2, 0.25) is 0 Å². The molecule has 18 aromatic rings. The molecule has 135 heavy (non-hydrogen) atoms. The van der Waals surface area contributed by atoms with Crippen LogP contribution in [-0.2, 0) is 57.2 Å². The molecule has 0 aliphatic heterocycles. The maximum atomic E-state index is 12.0. The largest absolute Gasteiger partial charge is 0.468 e. The predicted octanol–water partition coefficient (Wildman–Crippen LogP) is 16.0. The number of fused-ring (bicyclic) bond motifs is 6. The summed E-state index contributed by atoms with van der Waals surface area (Å²) in [6.07, 6.45) is 20.6. The van der Waals surface area contributed by atoms with E-state index in [2.05, 4.69) is 95.1 Å². The summed E-state index contributed by atoms with van der Waals surface area (Å²) < 4.78 is 39.9. The number of carbonyl (C=O) groups is 6. The summed E-state index contributed by atoms with van der Waals surface area (Å²) in [4.78, 5) is 121. The van der Waals surface area contributed by atoms with Crippen molar-refractivity contribution in [1.82, 2.24) is 118 Å². The van der Waals surface area contributed by atoms with Crippen molar-refractivity contribution in [2.24, 2.45) is 0 Å². The van der Waals surface area contributed by atoms with E-state index in [1.54, 1.807) is 93.0 Å². The Bertz CT molecular complexity index is 6970. The number of aromatic nitrogens is 24. The average Bonchev–Trinajstić information content (AvgIpc) is 1.69. The summed E-state index contributed by atoms with van der Waals surface area (Å²) in [7, 11) is 4.14. The number of benzene rings is 6. The Balaban J connectivity index is 0.000000137. The molecule has 12 aromatic heterocycles. The monoisotopic (exact) mass is 1930 g/mol. The van der Waals surface area contributed by atoms with E-state index in [0.717, 1.165) is 92.2 Å². The molecule has 0 radical (unpaired) electrons. The highest BCUT2D eigenvalue weighted by molar-refractivity contribution is 8.01. The van der Waals surface area contributed by atoms with Gasteiger partial charge in [-0.3, -0.25) is 28.8 Å². The van der Waals surface area contributed by atoms with Crippen LogP contribution in [0, 0.1) is 0 Å². The summed E-state index contributed by atoms with van der Waals surface area (Å²) in [5.74, 6) is -1.12. The SMILES string of the molecule is CCC(Sc1ncnc2c1cnn2-c1ccccc1)C(=O)OC.CCOC(=O)C(C)Sc1ncnc2c1cnn2-c1ccccc1.CCOC(=O)C(CC)Sc1ncnc2c1cnn2-c1ccccc1.CCOC(=O)CSc1ncnc2c1cnn2-c1ccccc1.COC(=O)C(C)Sc1ncnc2c1cnn2-c1ccccc1.COC(=O)CSc1ncnc2c1cnn2-c1ccccc1. The van der Waals surface area contributed by atoms with Crippen LogP contribution in [0.4, 0.5) is 0 Å². The standard InChI is InChI=1S/C17H18N4O2S.2C16H16N4O2S.2C15H14N4O2S.C14H12N4O2S/c1-3-14(17(22)23-4-2)24-16-13-10-20-21(15(13)18-11-19-16)12-8-6-5-7-9-12;1-3-13(16(21)22-2)23-15-12-9-19-20(14(12)17-10-18-15)11-7-5-4-6-8-11;1-3-22-16(21)11(2)23-15-13-9-19-20(14(13)17-10-18-15)12-7-5-4-6-8-12;1-10(15(20)21-2)22-14-12-8-18-19(13(12)16-9-17-14)11-6-4-3-5-7-11;1-2-21-13(20)9-22-15-12-8-18-19(14(12)16-10-17-15)11-6-4-3-5-7-11;1-20-12(19)8-21-14-11-7-17-18(13(11)15-9-16-14)10-5-3-2-4-6-10/h5-11,14H,3-4H2,1-2H3;4-10,13H,3H2,1-2H3;4-11H,3H2,1-2H3;3-10H,1-2H3;3-8,10H,2,9H2,1H3;2-7,9H,8H2,1H3. The van der Waals surface area contributed by atoms with E-state index in [9.17, 15) is 28.8 Å². The zero-order chi connectivity index (χ0) is 95.0. The molecule has 0 saturated heterocycles. The molecule has 0 bridgehead atoms. The Morgan fingerprint density at radius 3 is 0.770 bits per heavy atom. The lowest BCUT2D eigenvalue weighted by Crippen LogP contribution is -2.19. The first kappa shape index (κ1) is 98.1. The second-order valence-electron chi connectivity index (χ2n) is 27.9. The lowest BCUT2D eigenvalue weighted by atomic mass is 10.3. The Labute approximate surface area is 799 Å². The third-order valence-electron chi connectivity index (χ3n) is 19.2. The highest BCUT2D eigenvalue weighted by atomic mass is 32.2. The smallest absolute Gasteiger partial charge is 0.319 e. The molecule has 12 heterocycles. The maximum absolute atomic E-state index is 12.0. The van der Waals surface area contributed by atoms with Crippen LogP contribution < -0.4 is 0 Å². The van der Waals surface area contributed by atoms with E-state index in [4.69, 9.17) is 23.7 Å². The zero-order valence-corrected chi connectivity index (χ0v) is 79.5. The highest BCUT2D eigenvalue weighted by Gasteiger charge is 2.27. The Morgan fingerprint density at radius 2 is 0.511 bits per heavy atom. The molecular formula is C93H90N24O12S6. The van der Waals surface area contributed by atoms with Crippen molar-refractivity contribution in [1.29, 1.82) is 0 Å². The molecule has 4 unspecified atom stereocenters. The summed E-state index contributed by atoms with van der Waals surface area (Å²) in [5.41, 5.74) is 9.85. The quantitative estimate of drug-likeness (QED) is 0.0182. The number of hydrogen-bond acceptors (Lipinski definition) is 36. The summed E-state index contributed by atoms with van der Waals surface area (Å²) in [6, 6.07) is 58.6. The topological polar surface area (TPSA) is 419 Å². The molecule has 18 rings (SSSR count). The van der Waals surface area contributed by atoms with Gasteiger partial charge in [-0.15, -0.1) is 0 Å². The van der Waals surface area contributed by atoms with E-state index in [1.807, 2.05) is 203 Å². The fraction of sp³-hybridized carbons (Fsp3) is 0.226. The molecule has 6 aromatic carbocycles. The van der Waals surface area contributed by atoms with Gasteiger partial charge >= 0.3 is 35.8 Å². The lowest BCUT2D eigenvalue weighted by Gasteiger charge is -2.12. The van der Waals surface area contributed by atoms with E-state index in [0.29, 0.717) is 71.0 Å². The first-order chi connectivity index (χ1) is 66.0. The van der Waals surface area contributed by atoms with Gasteiger partial charge in [0.1, 0.15) is 89.1 Å². The van der Waals surface area contributed by atoms with Gasteiger partial charge in [0.25, 0.3) is 0 Å². The summed E-state index contributed by atoms with van der Waals surface area (Å²) in [6.45, 7) is 14.0. The molecule has 0 N–H and O–H groups in total.